The Morgan fingerprint density at radius 1 is 1.43 bits per heavy atom. The maximum absolute atomic E-state index is 5.49. The Labute approximate surface area is 85.3 Å². The first kappa shape index (κ1) is 9.53. The second kappa shape index (κ2) is 4.47. The molecule has 1 heterocycles. The van der Waals surface area contributed by atoms with Crippen molar-refractivity contribution in [3.63, 3.8) is 0 Å². The minimum Gasteiger partial charge on any atom is -0.382 e. The summed E-state index contributed by atoms with van der Waals surface area (Å²) in [7, 11) is 0. The van der Waals surface area contributed by atoms with E-state index < -0.39 is 0 Å². The summed E-state index contributed by atoms with van der Waals surface area (Å²) in [4.78, 5) is 0. The van der Waals surface area contributed by atoms with Crippen molar-refractivity contribution in [3.05, 3.63) is 29.3 Å². The number of nitrogens with one attached hydrogen (secondary N) is 1. The zero-order valence-corrected chi connectivity index (χ0v) is 8.68. The van der Waals surface area contributed by atoms with Gasteiger partial charge in [0.15, 0.2) is 0 Å². The summed E-state index contributed by atoms with van der Waals surface area (Å²) in [6, 6.07) is 6.65. The van der Waals surface area contributed by atoms with Gasteiger partial charge in [0.2, 0.25) is 0 Å². The standard InChI is InChI=1S/C12H17NO/c1-2-3-10-4-5-12-11(8-10)9-14-7-6-13-12/h4-5,8,13H,2-3,6-7,9H2,1H3. The van der Waals surface area contributed by atoms with Gasteiger partial charge < -0.3 is 10.1 Å². The van der Waals surface area contributed by atoms with Gasteiger partial charge in [-0.05, 0) is 18.1 Å². The Balaban J connectivity index is 2.23. The average molecular weight is 191 g/mol. The van der Waals surface area contributed by atoms with Gasteiger partial charge in [0.05, 0.1) is 13.2 Å². The highest BCUT2D eigenvalue weighted by atomic mass is 16.5. The molecular weight excluding hydrogens is 174 g/mol. The topological polar surface area (TPSA) is 21.3 Å². The van der Waals surface area contributed by atoms with Crippen molar-refractivity contribution in [2.24, 2.45) is 0 Å². The molecular formula is C12H17NO. The number of hydrogen-bond donors (Lipinski definition) is 1. The number of aryl methyl sites for hydroxylation is 1. The lowest BCUT2D eigenvalue weighted by atomic mass is 10.1. The number of anilines is 1. The first-order chi connectivity index (χ1) is 6.90. The fourth-order valence-corrected chi connectivity index (χ4v) is 1.82. The van der Waals surface area contributed by atoms with Gasteiger partial charge in [-0.2, -0.15) is 0 Å². The van der Waals surface area contributed by atoms with E-state index >= 15 is 0 Å². The lowest BCUT2D eigenvalue weighted by molar-refractivity contribution is 0.134. The van der Waals surface area contributed by atoms with E-state index in [4.69, 9.17) is 4.74 Å². The van der Waals surface area contributed by atoms with Crippen LogP contribution in [-0.4, -0.2) is 13.2 Å². The van der Waals surface area contributed by atoms with Crippen LogP contribution >= 0.6 is 0 Å². The van der Waals surface area contributed by atoms with Crippen molar-refractivity contribution < 1.29 is 4.74 Å². The van der Waals surface area contributed by atoms with E-state index in [-0.39, 0.29) is 0 Å². The van der Waals surface area contributed by atoms with Gasteiger partial charge >= 0.3 is 0 Å². The summed E-state index contributed by atoms with van der Waals surface area (Å²) in [5, 5.41) is 3.37. The van der Waals surface area contributed by atoms with E-state index in [0.717, 1.165) is 26.2 Å². The molecule has 0 fully saturated rings. The monoisotopic (exact) mass is 191 g/mol. The lowest BCUT2D eigenvalue weighted by Crippen LogP contribution is -2.04. The van der Waals surface area contributed by atoms with Crippen molar-refractivity contribution in [3.8, 4) is 0 Å². The molecule has 1 N–H and O–H groups in total. The van der Waals surface area contributed by atoms with Crippen molar-refractivity contribution in [1.82, 2.24) is 0 Å². The first-order valence-corrected chi connectivity index (χ1v) is 5.33. The van der Waals surface area contributed by atoms with E-state index in [1.165, 1.54) is 23.2 Å². The summed E-state index contributed by atoms with van der Waals surface area (Å²) in [6.45, 7) is 4.68. The van der Waals surface area contributed by atoms with Crippen LogP contribution < -0.4 is 5.32 Å². The molecule has 2 rings (SSSR count). The Hall–Kier alpha value is -1.02. The molecule has 0 saturated carbocycles. The number of fused-ring (bicyclic) bond motifs is 1. The highest BCUT2D eigenvalue weighted by Gasteiger charge is 2.07. The number of rotatable bonds is 2. The minimum absolute atomic E-state index is 0.750. The molecule has 2 nitrogen and oxygen atoms in total. The molecule has 2 heteroatoms. The van der Waals surface area contributed by atoms with Crippen LogP contribution in [0.2, 0.25) is 0 Å². The van der Waals surface area contributed by atoms with E-state index in [0.29, 0.717) is 0 Å². The van der Waals surface area contributed by atoms with Crippen LogP contribution in [0.5, 0.6) is 0 Å². The molecule has 0 aliphatic carbocycles. The Bertz CT molecular complexity index is 309. The van der Waals surface area contributed by atoms with Crippen LogP contribution in [-0.2, 0) is 17.8 Å². The quantitative estimate of drug-likeness (QED) is 0.775. The third-order valence-electron chi connectivity index (χ3n) is 2.53. The fraction of sp³-hybridized carbons (Fsp3) is 0.500. The van der Waals surface area contributed by atoms with E-state index in [1.54, 1.807) is 0 Å². The highest BCUT2D eigenvalue weighted by Crippen LogP contribution is 2.21. The Morgan fingerprint density at radius 3 is 3.21 bits per heavy atom. The largest absolute Gasteiger partial charge is 0.382 e. The van der Waals surface area contributed by atoms with Gasteiger partial charge in [-0.1, -0.05) is 25.5 Å². The summed E-state index contributed by atoms with van der Waals surface area (Å²) in [5.41, 5.74) is 3.95. The van der Waals surface area contributed by atoms with Gasteiger partial charge in [-0.15, -0.1) is 0 Å². The van der Waals surface area contributed by atoms with Gasteiger partial charge in [-0.3, -0.25) is 0 Å². The van der Waals surface area contributed by atoms with E-state index in [1.807, 2.05) is 0 Å². The lowest BCUT2D eigenvalue weighted by Gasteiger charge is -2.08. The summed E-state index contributed by atoms with van der Waals surface area (Å²) < 4.78 is 5.49. The van der Waals surface area contributed by atoms with E-state index in [9.17, 15) is 0 Å². The van der Waals surface area contributed by atoms with Crippen LogP contribution in [0.15, 0.2) is 18.2 Å². The van der Waals surface area contributed by atoms with Crippen molar-refractivity contribution in [2.45, 2.75) is 26.4 Å². The maximum atomic E-state index is 5.49. The first-order valence-electron chi connectivity index (χ1n) is 5.33. The molecule has 0 unspecified atom stereocenters. The summed E-state index contributed by atoms with van der Waals surface area (Å²) in [5.74, 6) is 0. The summed E-state index contributed by atoms with van der Waals surface area (Å²) >= 11 is 0. The third kappa shape index (κ3) is 2.07. The molecule has 1 aliphatic heterocycles. The highest BCUT2D eigenvalue weighted by molar-refractivity contribution is 5.53. The number of hydrogen-bond acceptors (Lipinski definition) is 2. The third-order valence-corrected chi connectivity index (χ3v) is 2.53. The molecule has 1 aromatic rings. The van der Waals surface area contributed by atoms with Crippen LogP contribution in [0.25, 0.3) is 0 Å². The Morgan fingerprint density at radius 2 is 2.36 bits per heavy atom. The van der Waals surface area contributed by atoms with Gasteiger partial charge in [0.25, 0.3) is 0 Å². The van der Waals surface area contributed by atoms with Crippen molar-refractivity contribution in [2.75, 3.05) is 18.5 Å². The number of benzene rings is 1. The second-order valence-corrected chi connectivity index (χ2v) is 3.72. The molecule has 1 aliphatic rings. The molecule has 1 aromatic carbocycles. The van der Waals surface area contributed by atoms with Gasteiger partial charge in [-0.25, -0.2) is 0 Å². The zero-order chi connectivity index (χ0) is 9.80. The molecule has 0 atom stereocenters. The van der Waals surface area contributed by atoms with E-state index in [2.05, 4.69) is 30.4 Å². The minimum atomic E-state index is 0.750. The molecule has 14 heavy (non-hydrogen) atoms. The SMILES string of the molecule is CCCc1ccc2c(c1)COCCN2. The van der Waals surface area contributed by atoms with Gasteiger partial charge in [0.1, 0.15) is 0 Å². The number of ether oxygens (including phenoxy) is 1. The molecule has 0 spiro atoms. The Kier molecular flexibility index (Phi) is 3.04. The molecule has 0 bridgehead atoms. The van der Waals surface area contributed by atoms with Crippen LogP contribution in [0.1, 0.15) is 24.5 Å². The van der Waals surface area contributed by atoms with Crippen LogP contribution in [0.3, 0.4) is 0 Å². The average Bonchev–Trinajstić information content (AvgIpc) is 2.42. The van der Waals surface area contributed by atoms with Crippen molar-refractivity contribution >= 4 is 5.69 Å². The normalized spacial score (nSPS) is 15.5. The molecule has 0 saturated heterocycles. The summed E-state index contributed by atoms with van der Waals surface area (Å²) in [6.07, 6.45) is 2.36. The molecule has 76 valence electrons. The van der Waals surface area contributed by atoms with Gasteiger partial charge in [0, 0.05) is 17.8 Å². The predicted octanol–water partition coefficient (Wildman–Crippen LogP) is 2.58. The predicted molar refractivity (Wildman–Crippen MR) is 58.6 cm³/mol. The maximum Gasteiger partial charge on any atom is 0.0737 e. The zero-order valence-electron chi connectivity index (χ0n) is 8.68. The van der Waals surface area contributed by atoms with Crippen molar-refractivity contribution in [1.29, 1.82) is 0 Å². The fourth-order valence-electron chi connectivity index (χ4n) is 1.82. The van der Waals surface area contributed by atoms with Crippen LogP contribution in [0.4, 0.5) is 5.69 Å². The smallest absolute Gasteiger partial charge is 0.0737 e. The molecule has 0 radical (unpaired) electrons. The second-order valence-electron chi connectivity index (χ2n) is 3.72. The van der Waals surface area contributed by atoms with Crippen LogP contribution in [0, 0.1) is 0 Å². The molecule has 0 aromatic heterocycles. The molecule has 0 amide bonds.